The summed E-state index contributed by atoms with van der Waals surface area (Å²) in [6.07, 6.45) is 1.88. The minimum Gasteiger partial charge on any atom is -0.313 e. The highest BCUT2D eigenvalue weighted by molar-refractivity contribution is 8.06. The fourth-order valence-electron chi connectivity index (χ4n) is 2.76. The lowest BCUT2D eigenvalue weighted by Crippen LogP contribution is -2.43. The first kappa shape index (κ1) is 17.5. The molecule has 6 heteroatoms. The van der Waals surface area contributed by atoms with Gasteiger partial charge in [0.25, 0.3) is 0 Å². The van der Waals surface area contributed by atoms with Crippen LogP contribution in [0, 0.1) is 0 Å². The minimum absolute atomic E-state index is 0.483. The van der Waals surface area contributed by atoms with E-state index in [1.165, 1.54) is 23.0 Å². The van der Waals surface area contributed by atoms with Gasteiger partial charge < -0.3 is 5.32 Å². The van der Waals surface area contributed by atoms with Gasteiger partial charge in [0.2, 0.25) is 0 Å². The van der Waals surface area contributed by atoms with E-state index in [9.17, 15) is 0 Å². The molecule has 1 aliphatic rings. The van der Waals surface area contributed by atoms with Gasteiger partial charge in [-0.1, -0.05) is 25.4 Å². The molecule has 1 aromatic rings. The fraction of sp³-hybridized carbons (Fsp3) is 0.800. The number of likely N-dealkylation sites (N-methyl/N-ethyl adjacent to an activating group) is 1. The Morgan fingerprint density at radius 2 is 2.19 bits per heavy atom. The van der Waals surface area contributed by atoms with Gasteiger partial charge in [0.05, 0.1) is 16.4 Å². The first-order chi connectivity index (χ1) is 10.2. The van der Waals surface area contributed by atoms with Gasteiger partial charge in [-0.05, 0) is 19.9 Å². The number of hydrogen-bond donors (Lipinski definition) is 1. The maximum Gasteiger partial charge on any atom is 0.0850 e. The number of hydrogen-bond acceptors (Lipinski definition) is 4. The number of thioether (sulfide) groups is 2. The number of rotatable bonds is 7. The Morgan fingerprint density at radius 1 is 1.38 bits per heavy atom. The van der Waals surface area contributed by atoms with Gasteiger partial charge in [0, 0.05) is 41.5 Å². The Balaban J connectivity index is 2.17. The molecule has 1 N–H and O–H groups in total. The molecule has 0 aliphatic carbocycles. The van der Waals surface area contributed by atoms with Crippen LogP contribution in [-0.4, -0.2) is 44.9 Å². The monoisotopic (exact) mass is 347 g/mol. The van der Waals surface area contributed by atoms with Gasteiger partial charge >= 0.3 is 0 Å². The molecule has 1 aliphatic heterocycles. The first-order valence-corrected chi connectivity index (χ1v) is 10.5. The van der Waals surface area contributed by atoms with Crippen LogP contribution in [0.25, 0.3) is 0 Å². The molecule has 0 spiro atoms. The molecule has 0 saturated carbocycles. The molecule has 0 bridgehead atoms. The van der Waals surface area contributed by atoms with Crippen molar-refractivity contribution in [1.29, 1.82) is 0 Å². The fourth-order valence-corrected chi connectivity index (χ4v) is 5.99. The maximum absolute atomic E-state index is 6.57. The van der Waals surface area contributed by atoms with E-state index >= 15 is 0 Å². The summed E-state index contributed by atoms with van der Waals surface area (Å²) in [5, 5.41) is 9.88. The van der Waals surface area contributed by atoms with Crippen molar-refractivity contribution in [1.82, 2.24) is 15.1 Å². The Morgan fingerprint density at radius 3 is 2.76 bits per heavy atom. The Hall–Kier alpha value is 0.160. The third kappa shape index (κ3) is 4.34. The van der Waals surface area contributed by atoms with Crippen molar-refractivity contribution in [3.8, 4) is 0 Å². The summed E-state index contributed by atoms with van der Waals surface area (Å²) < 4.78 is 2.09. The zero-order valence-corrected chi connectivity index (χ0v) is 15.6. The number of nitrogens with zero attached hydrogens (tertiary/aromatic N) is 2. The molecule has 2 unspecified atom stereocenters. The van der Waals surface area contributed by atoms with Crippen molar-refractivity contribution in [2.24, 2.45) is 0 Å². The van der Waals surface area contributed by atoms with Crippen molar-refractivity contribution in [3.63, 3.8) is 0 Å². The Labute approximate surface area is 142 Å². The van der Waals surface area contributed by atoms with Crippen LogP contribution < -0.4 is 5.32 Å². The molecule has 2 heterocycles. The average molecular weight is 348 g/mol. The topological polar surface area (TPSA) is 29.9 Å². The molecule has 1 saturated heterocycles. The van der Waals surface area contributed by atoms with E-state index in [2.05, 4.69) is 59.4 Å². The Kier molecular flexibility index (Phi) is 7.26. The first-order valence-electron chi connectivity index (χ1n) is 7.87. The lowest BCUT2D eigenvalue weighted by molar-refractivity contribution is 0.496. The molecule has 21 heavy (non-hydrogen) atoms. The second kappa shape index (κ2) is 8.70. The number of aromatic nitrogens is 2. The molecular formula is C15H26ClN3S2. The third-order valence-corrected chi connectivity index (χ3v) is 7.22. The predicted molar refractivity (Wildman–Crippen MR) is 97.0 cm³/mol. The second-order valence-electron chi connectivity index (χ2n) is 5.23. The summed E-state index contributed by atoms with van der Waals surface area (Å²) in [6.45, 7) is 8.34. The summed E-state index contributed by atoms with van der Waals surface area (Å²) in [5.41, 5.74) is 2.24. The summed E-state index contributed by atoms with van der Waals surface area (Å²) in [6, 6.07) is 0.483. The van der Waals surface area contributed by atoms with Crippen molar-refractivity contribution in [3.05, 3.63) is 16.4 Å². The molecule has 0 radical (unpaired) electrons. The van der Waals surface area contributed by atoms with E-state index in [1.54, 1.807) is 0 Å². The lowest BCUT2D eigenvalue weighted by atomic mass is 10.1. The normalized spacial score (nSPS) is 20.7. The highest BCUT2D eigenvalue weighted by Gasteiger charge is 2.27. The van der Waals surface area contributed by atoms with E-state index in [0.717, 1.165) is 36.6 Å². The van der Waals surface area contributed by atoms with Crippen LogP contribution in [0.1, 0.15) is 32.2 Å². The highest BCUT2D eigenvalue weighted by Crippen LogP contribution is 2.30. The number of nitrogens with one attached hydrogen (secondary N) is 1. The van der Waals surface area contributed by atoms with Gasteiger partial charge in [0.1, 0.15) is 0 Å². The summed E-state index contributed by atoms with van der Waals surface area (Å²) >= 11 is 10.8. The van der Waals surface area contributed by atoms with E-state index in [-0.39, 0.29) is 0 Å². The molecule has 0 amide bonds. The highest BCUT2D eigenvalue weighted by atomic mass is 35.5. The largest absolute Gasteiger partial charge is 0.313 e. The zero-order valence-electron chi connectivity index (χ0n) is 13.2. The predicted octanol–water partition coefficient (Wildman–Crippen LogP) is 3.49. The van der Waals surface area contributed by atoms with Crippen LogP contribution >= 0.6 is 35.1 Å². The standard InChI is InChI=1S/C15H26ClN3S2/c1-4-11-15(16)13(19(6-3)18-11)9-12(17-5-2)14-10-20-7-8-21-14/h12,14,17H,4-10H2,1-3H3. The number of aryl methyl sites for hydroxylation is 2. The molecule has 2 rings (SSSR count). The van der Waals surface area contributed by atoms with Crippen molar-refractivity contribution >= 4 is 35.1 Å². The van der Waals surface area contributed by atoms with Gasteiger partial charge in [-0.25, -0.2) is 0 Å². The number of halogens is 1. The zero-order chi connectivity index (χ0) is 15.2. The van der Waals surface area contributed by atoms with Crippen LogP contribution in [-0.2, 0) is 19.4 Å². The van der Waals surface area contributed by atoms with Gasteiger partial charge in [-0.15, -0.1) is 0 Å². The molecule has 1 fully saturated rings. The van der Waals surface area contributed by atoms with Crippen molar-refractivity contribution in [2.75, 3.05) is 23.8 Å². The SMILES string of the molecule is CCNC(Cc1c(Cl)c(CC)nn1CC)C1CSCCS1. The molecule has 120 valence electrons. The minimum atomic E-state index is 0.483. The molecule has 2 atom stereocenters. The summed E-state index contributed by atoms with van der Waals surface area (Å²) in [4.78, 5) is 0. The molecule has 3 nitrogen and oxygen atoms in total. The van der Waals surface area contributed by atoms with Crippen LogP contribution in [0.3, 0.4) is 0 Å². The van der Waals surface area contributed by atoms with E-state index in [0.29, 0.717) is 11.3 Å². The van der Waals surface area contributed by atoms with Gasteiger partial charge in [0.15, 0.2) is 0 Å². The van der Waals surface area contributed by atoms with Gasteiger partial charge in [-0.2, -0.15) is 28.6 Å². The Bertz CT molecular complexity index is 444. The lowest BCUT2D eigenvalue weighted by Gasteiger charge is -2.30. The van der Waals surface area contributed by atoms with Crippen LogP contribution in [0.4, 0.5) is 0 Å². The smallest absolute Gasteiger partial charge is 0.0850 e. The third-order valence-electron chi connectivity index (χ3n) is 3.86. The van der Waals surface area contributed by atoms with Crippen molar-refractivity contribution in [2.45, 2.75) is 51.4 Å². The van der Waals surface area contributed by atoms with E-state index < -0.39 is 0 Å². The summed E-state index contributed by atoms with van der Waals surface area (Å²) in [5.74, 6) is 3.78. The summed E-state index contributed by atoms with van der Waals surface area (Å²) in [7, 11) is 0. The van der Waals surface area contributed by atoms with E-state index in [1.807, 2.05) is 0 Å². The quantitative estimate of drug-likeness (QED) is 0.817. The molecule has 0 aromatic carbocycles. The van der Waals surface area contributed by atoms with Crippen molar-refractivity contribution < 1.29 is 0 Å². The van der Waals surface area contributed by atoms with Gasteiger partial charge in [-0.3, -0.25) is 4.68 Å². The molecular weight excluding hydrogens is 322 g/mol. The average Bonchev–Trinajstić information content (AvgIpc) is 2.83. The second-order valence-corrected chi connectivity index (χ2v) is 8.10. The van der Waals surface area contributed by atoms with Crippen LogP contribution in [0.5, 0.6) is 0 Å². The van der Waals surface area contributed by atoms with Crippen LogP contribution in [0.2, 0.25) is 5.02 Å². The van der Waals surface area contributed by atoms with Crippen LogP contribution in [0.15, 0.2) is 0 Å². The molecule has 1 aromatic heterocycles. The van der Waals surface area contributed by atoms with E-state index in [4.69, 9.17) is 11.6 Å². The maximum atomic E-state index is 6.57.